The van der Waals surface area contributed by atoms with Gasteiger partial charge in [-0.1, -0.05) is 6.07 Å². The molecule has 1 heterocycles. The second-order valence-corrected chi connectivity index (χ2v) is 10.1. The molecule has 11 heteroatoms. The van der Waals surface area contributed by atoms with Gasteiger partial charge >= 0.3 is 5.97 Å². The van der Waals surface area contributed by atoms with Crippen LogP contribution in [0.2, 0.25) is 0 Å². The van der Waals surface area contributed by atoms with Crippen LogP contribution in [0.25, 0.3) is 0 Å². The molecule has 1 aromatic carbocycles. The molecule has 0 aliphatic rings. The summed E-state index contributed by atoms with van der Waals surface area (Å²) in [5, 5.41) is 4.30. The number of anilines is 1. The Hall–Kier alpha value is -2.76. The largest absolute Gasteiger partial charge is 0.451 e. The molecule has 9 nitrogen and oxygen atoms in total. The number of hydrogen-bond acceptors (Lipinski definition) is 7. The van der Waals surface area contributed by atoms with Crippen molar-refractivity contribution >= 4 is 44.1 Å². The first kappa shape index (κ1) is 25.5. The average Bonchev–Trinajstić information content (AvgIpc) is 3.14. The van der Waals surface area contributed by atoms with Gasteiger partial charge in [-0.2, -0.15) is 4.72 Å². The Morgan fingerprint density at radius 1 is 1.06 bits per heavy atom. The first-order chi connectivity index (χ1) is 14.8. The molecule has 0 spiro atoms. The molecule has 0 fully saturated rings. The predicted octanol–water partition coefficient (Wildman–Crippen LogP) is 2.32. The van der Waals surface area contributed by atoms with E-state index in [0.717, 1.165) is 22.5 Å². The number of carbonyl (C=O) groups is 3. The molecule has 0 aliphatic heterocycles. The van der Waals surface area contributed by atoms with E-state index < -0.39 is 40.0 Å². The van der Waals surface area contributed by atoms with Gasteiger partial charge in [0.25, 0.3) is 11.8 Å². The minimum absolute atomic E-state index is 0.122. The topological polar surface area (TPSA) is 145 Å². The van der Waals surface area contributed by atoms with Gasteiger partial charge in [-0.25, -0.2) is 8.42 Å². The lowest BCUT2D eigenvalue weighted by molar-refractivity contribution is -0.154. The van der Waals surface area contributed by atoms with E-state index in [1.165, 1.54) is 19.9 Å². The van der Waals surface area contributed by atoms with Crippen LogP contribution in [-0.4, -0.2) is 38.3 Å². The van der Waals surface area contributed by atoms with Gasteiger partial charge in [0.05, 0.1) is 10.5 Å². The molecule has 0 aliphatic carbocycles. The van der Waals surface area contributed by atoms with Gasteiger partial charge in [0.15, 0.2) is 6.10 Å². The molecule has 32 heavy (non-hydrogen) atoms. The highest BCUT2D eigenvalue weighted by atomic mass is 32.2. The Balaban J connectivity index is 2.10. The molecule has 1 unspecified atom stereocenters. The number of aryl methyl sites for hydroxylation is 2. The maximum absolute atomic E-state index is 13.0. The molecule has 2 aromatic rings. The molecular weight excluding hydrogens is 454 g/mol. The van der Waals surface area contributed by atoms with Gasteiger partial charge in [-0.15, -0.1) is 11.3 Å². The van der Waals surface area contributed by atoms with Crippen molar-refractivity contribution in [2.45, 2.75) is 58.6 Å². The lowest BCUT2D eigenvalue weighted by Crippen LogP contribution is -2.42. The Morgan fingerprint density at radius 2 is 1.62 bits per heavy atom. The lowest BCUT2D eigenvalue weighted by atomic mass is 10.0. The summed E-state index contributed by atoms with van der Waals surface area (Å²) in [5.74, 6) is -2.30. The van der Waals surface area contributed by atoms with E-state index in [1.807, 2.05) is 19.9 Å². The van der Waals surface area contributed by atoms with Crippen molar-refractivity contribution in [1.29, 1.82) is 0 Å². The lowest BCUT2D eigenvalue weighted by Gasteiger charge is -2.20. The van der Waals surface area contributed by atoms with Gasteiger partial charge in [0.2, 0.25) is 10.0 Å². The summed E-state index contributed by atoms with van der Waals surface area (Å²) in [7, 11) is -4.02. The Labute approximate surface area is 191 Å². The molecule has 1 aromatic heterocycles. The molecule has 0 bridgehead atoms. The molecular formula is C21H27N3O6S2. The second kappa shape index (κ2) is 9.80. The number of rotatable bonds is 8. The van der Waals surface area contributed by atoms with Crippen molar-refractivity contribution in [3.8, 4) is 0 Å². The van der Waals surface area contributed by atoms with E-state index >= 15 is 0 Å². The molecule has 0 saturated heterocycles. The SMILES string of the molecule is Cc1cc(C)c(C)c(S(=O)(=O)N[C@@H](C)C(=O)OC(C)C(=O)Nc2sccc2C(N)=O)c1C. The van der Waals surface area contributed by atoms with Crippen molar-refractivity contribution in [2.24, 2.45) is 5.73 Å². The first-order valence-electron chi connectivity index (χ1n) is 9.74. The van der Waals surface area contributed by atoms with E-state index in [4.69, 9.17) is 10.5 Å². The third-order valence-corrected chi connectivity index (χ3v) is 7.72. The van der Waals surface area contributed by atoms with E-state index in [-0.39, 0.29) is 15.5 Å². The van der Waals surface area contributed by atoms with Gasteiger partial charge in [-0.3, -0.25) is 14.4 Å². The standard InChI is InChI=1S/C21H27N3O6S2/c1-10-9-11(2)13(4)17(12(10)3)32(28,29)24-14(5)21(27)30-15(6)19(26)23-20-16(18(22)25)7-8-31-20/h7-9,14-15,24H,1-6H3,(H2,22,25)(H,23,26)/t14-,15?/m0/s1. The smallest absolute Gasteiger partial charge is 0.324 e. The quantitative estimate of drug-likeness (QED) is 0.494. The fraction of sp³-hybridized carbons (Fsp3) is 0.381. The molecule has 4 N–H and O–H groups in total. The van der Waals surface area contributed by atoms with Crippen LogP contribution >= 0.6 is 11.3 Å². The predicted molar refractivity (Wildman–Crippen MR) is 122 cm³/mol. The summed E-state index contributed by atoms with van der Waals surface area (Å²) >= 11 is 1.09. The Kier molecular flexibility index (Phi) is 7.81. The monoisotopic (exact) mass is 481 g/mol. The number of amides is 2. The number of nitrogens with one attached hydrogen (secondary N) is 2. The Bertz CT molecular complexity index is 1140. The van der Waals surface area contributed by atoms with Gasteiger partial charge in [-0.05, 0) is 75.2 Å². The summed E-state index contributed by atoms with van der Waals surface area (Å²) in [6.07, 6.45) is -1.23. The summed E-state index contributed by atoms with van der Waals surface area (Å²) in [5.41, 5.74) is 8.21. The number of esters is 1. The molecule has 2 atom stereocenters. The zero-order valence-corrected chi connectivity index (χ0v) is 20.4. The minimum Gasteiger partial charge on any atom is -0.451 e. The number of hydrogen-bond donors (Lipinski definition) is 3. The van der Waals surface area contributed by atoms with Gasteiger partial charge in [0, 0.05) is 0 Å². The minimum atomic E-state index is -4.02. The highest BCUT2D eigenvalue weighted by molar-refractivity contribution is 7.89. The van der Waals surface area contributed by atoms with Crippen LogP contribution in [0.5, 0.6) is 0 Å². The molecule has 2 amide bonds. The van der Waals surface area contributed by atoms with Crippen LogP contribution in [0.1, 0.15) is 46.5 Å². The summed E-state index contributed by atoms with van der Waals surface area (Å²) in [6, 6.07) is 2.13. The molecule has 2 rings (SSSR count). The maximum atomic E-state index is 13.0. The second-order valence-electron chi connectivity index (χ2n) is 7.53. The number of benzene rings is 1. The van der Waals surface area contributed by atoms with Crippen molar-refractivity contribution < 1.29 is 27.5 Å². The van der Waals surface area contributed by atoms with Gasteiger partial charge in [0.1, 0.15) is 11.0 Å². The number of thiophene rings is 1. The maximum Gasteiger partial charge on any atom is 0.324 e. The average molecular weight is 482 g/mol. The highest BCUT2D eigenvalue weighted by Crippen LogP contribution is 2.26. The normalized spacial score (nSPS) is 13.3. The van der Waals surface area contributed by atoms with E-state index in [1.54, 1.807) is 19.2 Å². The summed E-state index contributed by atoms with van der Waals surface area (Å²) < 4.78 is 33.4. The molecule has 0 radical (unpaired) electrons. The van der Waals surface area contributed by atoms with Gasteiger partial charge < -0.3 is 15.8 Å². The zero-order valence-electron chi connectivity index (χ0n) is 18.7. The van der Waals surface area contributed by atoms with Crippen molar-refractivity contribution in [3.63, 3.8) is 0 Å². The van der Waals surface area contributed by atoms with E-state index in [9.17, 15) is 22.8 Å². The van der Waals surface area contributed by atoms with E-state index in [0.29, 0.717) is 11.1 Å². The van der Waals surface area contributed by atoms with Crippen LogP contribution in [0.4, 0.5) is 5.00 Å². The van der Waals surface area contributed by atoms with Crippen molar-refractivity contribution in [2.75, 3.05) is 5.32 Å². The molecule has 174 valence electrons. The van der Waals surface area contributed by atoms with Crippen LogP contribution in [0.15, 0.2) is 22.4 Å². The van der Waals surface area contributed by atoms with Crippen molar-refractivity contribution in [1.82, 2.24) is 4.72 Å². The third-order valence-electron chi connectivity index (χ3n) is 5.08. The summed E-state index contributed by atoms with van der Waals surface area (Å²) in [4.78, 5) is 36.3. The molecule has 0 saturated carbocycles. The number of sulfonamides is 1. The van der Waals surface area contributed by atoms with Crippen LogP contribution in [0, 0.1) is 27.7 Å². The third kappa shape index (κ3) is 5.53. The first-order valence-corrected chi connectivity index (χ1v) is 12.1. The van der Waals surface area contributed by atoms with Crippen LogP contribution < -0.4 is 15.8 Å². The zero-order chi connectivity index (χ0) is 24.4. The highest BCUT2D eigenvalue weighted by Gasteiger charge is 2.29. The van der Waals surface area contributed by atoms with Crippen LogP contribution in [0.3, 0.4) is 0 Å². The summed E-state index contributed by atoms with van der Waals surface area (Å²) in [6.45, 7) is 9.71. The van der Waals surface area contributed by atoms with Crippen LogP contribution in [-0.2, 0) is 24.3 Å². The fourth-order valence-corrected chi connectivity index (χ4v) is 5.67. The van der Waals surface area contributed by atoms with Crippen molar-refractivity contribution in [3.05, 3.63) is 45.3 Å². The Morgan fingerprint density at radius 3 is 2.16 bits per heavy atom. The van der Waals surface area contributed by atoms with E-state index in [2.05, 4.69) is 10.0 Å². The fourth-order valence-electron chi connectivity index (χ4n) is 3.07. The number of ether oxygens (including phenoxy) is 1. The number of carbonyl (C=O) groups excluding carboxylic acids is 3. The number of nitrogens with two attached hydrogens (primary N) is 1. The number of primary amides is 1.